The number of methoxy groups -OCH3 is 2. The Balaban J connectivity index is 1.38. The van der Waals surface area contributed by atoms with E-state index in [0.29, 0.717) is 43.2 Å². The van der Waals surface area contributed by atoms with Crippen LogP contribution in [0.2, 0.25) is 0 Å². The van der Waals surface area contributed by atoms with Gasteiger partial charge >= 0.3 is 0 Å². The number of hydrogen-bond acceptors (Lipinski definition) is 4. The normalized spacial score (nSPS) is 14.3. The second-order valence-electron chi connectivity index (χ2n) is 7.37. The molecule has 0 saturated carbocycles. The van der Waals surface area contributed by atoms with Gasteiger partial charge in [-0.05, 0) is 36.2 Å². The van der Waals surface area contributed by atoms with Crippen LogP contribution in [-0.2, 0) is 11.2 Å². The van der Waals surface area contributed by atoms with E-state index in [2.05, 4.69) is 5.32 Å². The molecular formula is C23H30N3O4+. The maximum Gasteiger partial charge on any atom is 0.275 e. The summed E-state index contributed by atoms with van der Waals surface area (Å²) in [5, 5.41) is 2.99. The predicted octanol–water partition coefficient (Wildman–Crippen LogP) is 0.403. The van der Waals surface area contributed by atoms with Gasteiger partial charge in [0.25, 0.3) is 11.8 Å². The minimum absolute atomic E-state index is 0.0355. The summed E-state index contributed by atoms with van der Waals surface area (Å²) in [7, 11) is 3.22. The standard InChI is InChI=1S/C23H29N3O4/c1-29-20-9-8-18(16-21(20)30-2)10-11-24-22(27)17-25-12-14-26(15-13-25)23(28)19-6-4-3-5-7-19/h3-9,16H,10-15,17H2,1-2H3,(H,24,27)/p+1. The van der Waals surface area contributed by atoms with Crippen molar-refractivity contribution in [1.82, 2.24) is 10.2 Å². The highest BCUT2D eigenvalue weighted by Gasteiger charge is 2.25. The topological polar surface area (TPSA) is 72.3 Å². The van der Waals surface area contributed by atoms with Crippen LogP contribution >= 0.6 is 0 Å². The summed E-state index contributed by atoms with van der Waals surface area (Å²) in [4.78, 5) is 27.9. The van der Waals surface area contributed by atoms with Crippen molar-refractivity contribution < 1.29 is 24.0 Å². The van der Waals surface area contributed by atoms with E-state index in [1.807, 2.05) is 53.4 Å². The largest absolute Gasteiger partial charge is 0.493 e. The molecule has 0 radical (unpaired) electrons. The number of rotatable bonds is 8. The molecule has 0 bridgehead atoms. The number of nitrogens with one attached hydrogen (secondary N) is 2. The van der Waals surface area contributed by atoms with E-state index in [9.17, 15) is 9.59 Å². The lowest BCUT2D eigenvalue weighted by Crippen LogP contribution is -3.15. The van der Waals surface area contributed by atoms with Gasteiger partial charge in [-0.3, -0.25) is 9.59 Å². The maximum absolute atomic E-state index is 12.5. The van der Waals surface area contributed by atoms with E-state index < -0.39 is 0 Å². The Morgan fingerprint density at radius 2 is 1.70 bits per heavy atom. The number of hydrogen-bond donors (Lipinski definition) is 2. The molecule has 2 amide bonds. The number of ether oxygens (including phenoxy) is 2. The molecule has 1 fully saturated rings. The summed E-state index contributed by atoms with van der Waals surface area (Å²) in [6.45, 7) is 3.90. The molecule has 0 aromatic heterocycles. The van der Waals surface area contributed by atoms with Crippen molar-refractivity contribution in [3.05, 3.63) is 59.7 Å². The molecule has 0 spiro atoms. The molecule has 2 aromatic rings. The van der Waals surface area contributed by atoms with Crippen molar-refractivity contribution in [3.63, 3.8) is 0 Å². The molecule has 1 aliphatic rings. The van der Waals surface area contributed by atoms with E-state index in [4.69, 9.17) is 9.47 Å². The van der Waals surface area contributed by atoms with E-state index in [0.717, 1.165) is 25.1 Å². The fraction of sp³-hybridized carbons (Fsp3) is 0.391. The van der Waals surface area contributed by atoms with E-state index >= 15 is 0 Å². The first-order chi connectivity index (χ1) is 14.6. The third-order valence-corrected chi connectivity index (χ3v) is 5.37. The summed E-state index contributed by atoms with van der Waals surface area (Å²) in [5.41, 5.74) is 1.79. The van der Waals surface area contributed by atoms with Gasteiger partial charge in [-0.15, -0.1) is 0 Å². The van der Waals surface area contributed by atoms with Gasteiger partial charge in [-0.25, -0.2) is 0 Å². The number of carbonyl (C=O) groups is 2. The summed E-state index contributed by atoms with van der Waals surface area (Å²) < 4.78 is 10.6. The van der Waals surface area contributed by atoms with Crippen molar-refractivity contribution in [3.8, 4) is 11.5 Å². The lowest BCUT2D eigenvalue weighted by molar-refractivity contribution is -0.896. The third-order valence-electron chi connectivity index (χ3n) is 5.37. The van der Waals surface area contributed by atoms with Gasteiger partial charge in [0.15, 0.2) is 18.0 Å². The third kappa shape index (κ3) is 5.73. The summed E-state index contributed by atoms with van der Waals surface area (Å²) in [6.07, 6.45) is 0.723. The lowest BCUT2D eigenvalue weighted by atomic mass is 10.1. The molecule has 7 heteroatoms. The molecule has 2 aromatic carbocycles. The van der Waals surface area contributed by atoms with Gasteiger partial charge in [-0.1, -0.05) is 24.3 Å². The average molecular weight is 413 g/mol. The van der Waals surface area contributed by atoms with E-state index in [1.54, 1.807) is 14.2 Å². The van der Waals surface area contributed by atoms with Gasteiger partial charge in [0.1, 0.15) is 0 Å². The van der Waals surface area contributed by atoms with Crippen LogP contribution in [0.3, 0.4) is 0 Å². The van der Waals surface area contributed by atoms with Crippen molar-refractivity contribution >= 4 is 11.8 Å². The Bertz CT molecular complexity index is 849. The second kappa shape index (κ2) is 10.6. The zero-order valence-corrected chi connectivity index (χ0v) is 17.6. The fourth-order valence-corrected chi connectivity index (χ4v) is 3.64. The fourth-order valence-electron chi connectivity index (χ4n) is 3.64. The summed E-state index contributed by atoms with van der Waals surface area (Å²) >= 11 is 0. The number of nitrogens with zero attached hydrogens (tertiary/aromatic N) is 1. The smallest absolute Gasteiger partial charge is 0.275 e. The van der Waals surface area contributed by atoms with Crippen LogP contribution in [0.25, 0.3) is 0 Å². The number of quaternary nitrogens is 1. The summed E-state index contributed by atoms with van der Waals surface area (Å²) in [6, 6.07) is 15.1. The van der Waals surface area contributed by atoms with E-state index in [-0.39, 0.29) is 11.8 Å². The molecule has 0 aliphatic carbocycles. The van der Waals surface area contributed by atoms with Crippen molar-refractivity contribution in [1.29, 1.82) is 0 Å². The maximum atomic E-state index is 12.5. The molecule has 2 N–H and O–H groups in total. The SMILES string of the molecule is COc1ccc(CCNC(=O)C[NH+]2CCN(C(=O)c3ccccc3)CC2)cc1OC. The lowest BCUT2D eigenvalue weighted by Gasteiger charge is -2.32. The van der Waals surface area contributed by atoms with Crippen LogP contribution in [0.1, 0.15) is 15.9 Å². The van der Waals surface area contributed by atoms with Gasteiger partial charge in [0, 0.05) is 12.1 Å². The predicted molar refractivity (Wildman–Crippen MR) is 114 cm³/mol. The van der Waals surface area contributed by atoms with Crippen LogP contribution in [0.15, 0.2) is 48.5 Å². The molecule has 30 heavy (non-hydrogen) atoms. The van der Waals surface area contributed by atoms with Crippen molar-refractivity contribution in [2.75, 3.05) is 53.5 Å². The zero-order chi connectivity index (χ0) is 21.3. The zero-order valence-electron chi connectivity index (χ0n) is 17.6. The number of piperazine rings is 1. The van der Waals surface area contributed by atoms with Gasteiger partial charge < -0.3 is 24.6 Å². The molecule has 3 rings (SSSR count). The quantitative estimate of drug-likeness (QED) is 0.659. The highest BCUT2D eigenvalue weighted by Crippen LogP contribution is 2.27. The molecular weight excluding hydrogens is 382 g/mol. The van der Waals surface area contributed by atoms with E-state index in [1.165, 1.54) is 4.90 Å². The van der Waals surface area contributed by atoms with Crippen LogP contribution in [-0.4, -0.2) is 70.2 Å². The number of amides is 2. The molecule has 0 atom stereocenters. The van der Waals surface area contributed by atoms with Gasteiger partial charge in [0.05, 0.1) is 40.4 Å². The molecule has 160 valence electrons. The first kappa shape index (κ1) is 21.6. The van der Waals surface area contributed by atoms with Crippen LogP contribution in [0.5, 0.6) is 11.5 Å². The molecule has 7 nitrogen and oxygen atoms in total. The Hall–Kier alpha value is -3.06. The minimum Gasteiger partial charge on any atom is -0.493 e. The van der Waals surface area contributed by atoms with Gasteiger partial charge in [0.2, 0.25) is 0 Å². The highest BCUT2D eigenvalue weighted by atomic mass is 16.5. The first-order valence-corrected chi connectivity index (χ1v) is 10.3. The minimum atomic E-state index is 0.0355. The molecule has 1 aliphatic heterocycles. The Morgan fingerprint density at radius 1 is 1.00 bits per heavy atom. The van der Waals surface area contributed by atoms with Crippen molar-refractivity contribution in [2.24, 2.45) is 0 Å². The Kier molecular flexibility index (Phi) is 7.68. The summed E-state index contributed by atoms with van der Waals surface area (Å²) in [5.74, 6) is 1.48. The molecule has 0 unspecified atom stereocenters. The molecule has 1 saturated heterocycles. The average Bonchev–Trinajstić information content (AvgIpc) is 2.79. The van der Waals surface area contributed by atoms with Crippen LogP contribution in [0, 0.1) is 0 Å². The Labute approximate surface area is 177 Å². The monoisotopic (exact) mass is 412 g/mol. The Morgan fingerprint density at radius 3 is 2.37 bits per heavy atom. The number of benzene rings is 2. The van der Waals surface area contributed by atoms with Crippen molar-refractivity contribution in [2.45, 2.75) is 6.42 Å². The highest BCUT2D eigenvalue weighted by molar-refractivity contribution is 5.94. The number of carbonyl (C=O) groups excluding carboxylic acids is 2. The molecule has 1 heterocycles. The van der Waals surface area contributed by atoms with Crippen LogP contribution < -0.4 is 19.7 Å². The first-order valence-electron chi connectivity index (χ1n) is 10.3. The second-order valence-corrected chi connectivity index (χ2v) is 7.37. The van der Waals surface area contributed by atoms with Crippen LogP contribution in [0.4, 0.5) is 0 Å². The van der Waals surface area contributed by atoms with Gasteiger partial charge in [-0.2, -0.15) is 0 Å².